The van der Waals surface area contributed by atoms with E-state index < -0.39 is 10.0 Å². The Hall–Kier alpha value is -2.84. The van der Waals surface area contributed by atoms with E-state index in [-0.39, 0.29) is 11.8 Å². The number of nitrogens with one attached hydrogen (secondary N) is 3. The summed E-state index contributed by atoms with van der Waals surface area (Å²) in [4.78, 5) is 18.0. The number of hydrogen-bond acceptors (Lipinski definition) is 3. The minimum atomic E-state index is -3.29. The first-order chi connectivity index (χ1) is 14.9. The molecule has 2 heterocycles. The van der Waals surface area contributed by atoms with Gasteiger partial charge in [-0.2, -0.15) is 0 Å². The van der Waals surface area contributed by atoms with Crippen LogP contribution in [0.25, 0.3) is 10.9 Å². The zero-order valence-electron chi connectivity index (χ0n) is 17.6. The number of rotatable bonds is 6. The van der Waals surface area contributed by atoms with Crippen LogP contribution in [0.15, 0.2) is 54.6 Å². The second-order valence-electron chi connectivity index (χ2n) is 8.01. The van der Waals surface area contributed by atoms with Crippen molar-refractivity contribution in [2.45, 2.75) is 31.1 Å². The van der Waals surface area contributed by atoms with Crippen LogP contribution in [0, 0.1) is 0 Å². The van der Waals surface area contributed by atoms with Crippen LogP contribution < -0.4 is 10.0 Å². The molecule has 3 N–H and O–H groups in total. The molecule has 0 atom stereocenters. The molecule has 0 aliphatic carbocycles. The number of likely N-dealkylation sites (tertiary alicyclic amines) is 1. The van der Waals surface area contributed by atoms with Gasteiger partial charge < -0.3 is 15.2 Å². The molecule has 1 aromatic heterocycles. The standard InChI is InChI=1S/C23H28N4O3S/c1-24-31(29,30)16-18-8-6-17(7-9-18)15-25-23(28)27-12-10-19(11-13-27)22-14-20-4-2-3-5-21(20)26-22/h2-9,14,19,24,26H,10-13,15-16H2,1H3,(H,25,28). The van der Waals surface area contributed by atoms with E-state index >= 15 is 0 Å². The first-order valence-electron chi connectivity index (χ1n) is 10.5. The van der Waals surface area contributed by atoms with Crippen molar-refractivity contribution in [1.29, 1.82) is 0 Å². The van der Waals surface area contributed by atoms with Crippen LogP contribution in [-0.2, 0) is 22.3 Å². The minimum Gasteiger partial charge on any atom is -0.358 e. The van der Waals surface area contributed by atoms with E-state index in [1.54, 1.807) is 12.1 Å². The number of aromatic amines is 1. The number of carbonyl (C=O) groups is 1. The van der Waals surface area contributed by atoms with Gasteiger partial charge in [-0.15, -0.1) is 0 Å². The Morgan fingerprint density at radius 1 is 1.06 bits per heavy atom. The van der Waals surface area contributed by atoms with Gasteiger partial charge in [-0.05, 0) is 48.5 Å². The third-order valence-electron chi connectivity index (χ3n) is 5.91. The zero-order valence-corrected chi connectivity index (χ0v) is 18.4. The van der Waals surface area contributed by atoms with Crippen LogP contribution >= 0.6 is 0 Å². The quantitative estimate of drug-likeness (QED) is 0.549. The molecular formula is C23H28N4O3S. The lowest BCUT2D eigenvalue weighted by Gasteiger charge is -2.31. The third-order valence-corrected chi connectivity index (χ3v) is 7.24. The molecule has 7 nitrogen and oxygen atoms in total. The molecule has 2 aromatic carbocycles. The van der Waals surface area contributed by atoms with Gasteiger partial charge in [0.15, 0.2) is 0 Å². The molecule has 0 unspecified atom stereocenters. The fourth-order valence-corrected chi connectivity index (χ4v) is 4.82. The lowest BCUT2D eigenvalue weighted by atomic mass is 9.94. The van der Waals surface area contributed by atoms with Crippen LogP contribution in [-0.4, -0.2) is 44.5 Å². The predicted octanol–water partition coefficient (Wildman–Crippen LogP) is 3.31. The summed E-state index contributed by atoms with van der Waals surface area (Å²) in [6, 6.07) is 17.7. The van der Waals surface area contributed by atoms with Crippen molar-refractivity contribution in [3.63, 3.8) is 0 Å². The maximum Gasteiger partial charge on any atom is 0.317 e. The first-order valence-corrected chi connectivity index (χ1v) is 12.2. The van der Waals surface area contributed by atoms with Gasteiger partial charge in [0.05, 0.1) is 5.75 Å². The van der Waals surface area contributed by atoms with Gasteiger partial charge in [-0.1, -0.05) is 42.5 Å². The molecule has 1 fully saturated rings. The van der Waals surface area contributed by atoms with Crippen LogP contribution in [0.3, 0.4) is 0 Å². The highest BCUT2D eigenvalue weighted by atomic mass is 32.2. The Balaban J connectivity index is 1.26. The van der Waals surface area contributed by atoms with E-state index in [9.17, 15) is 13.2 Å². The van der Waals surface area contributed by atoms with Gasteiger partial charge in [0.1, 0.15) is 0 Å². The smallest absolute Gasteiger partial charge is 0.317 e. The number of amides is 2. The van der Waals surface area contributed by atoms with Crippen LogP contribution in [0.4, 0.5) is 4.79 Å². The number of nitrogens with zero attached hydrogens (tertiary/aromatic N) is 1. The van der Waals surface area contributed by atoms with Gasteiger partial charge in [0.2, 0.25) is 10.0 Å². The maximum absolute atomic E-state index is 12.6. The number of fused-ring (bicyclic) bond motifs is 1. The fraction of sp³-hybridized carbons (Fsp3) is 0.348. The molecule has 4 rings (SSSR count). The Morgan fingerprint density at radius 2 is 1.74 bits per heavy atom. The van der Waals surface area contributed by atoms with Gasteiger partial charge in [0, 0.05) is 36.8 Å². The molecule has 0 radical (unpaired) electrons. The first kappa shape index (κ1) is 21.4. The monoisotopic (exact) mass is 440 g/mol. The normalized spacial score (nSPS) is 15.3. The average molecular weight is 441 g/mol. The highest BCUT2D eigenvalue weighted by Crippen LogP contribution is 2.29. The minimum absolute atomic E-state index is 0.0541. The number of urea groups is 1. The Kier molecular flexibility index (Phi) is 6.29. The van der Waals surface area contributed by atoms with E-state index in [0.29, 0.717) is 18.0 Å². The van der Waals surface area contributed by atoms with E-state index in [0.717, 1.165) is 37.0 Å². The molecule has 8 heteroatoms. The average Bonchev–Trinajstić information content (AvgIpc) is 3.23. The zero-order chi connectivity index (χ0) is 21.8. The maximum atomic E-state index is 12.6. The molecular weight excluding hydrogens is 412 g/mol. The number of hydrogen-bond donors (Lipinski definition) is 3. The summed E-state index contributed by atoms with van der Waals surface area (Å²) >= 11 is 0. The van der Waals surface area contributed by atoms with Gasteiger partial charge in [0.25, 0.3) is 0 Å². The molecule has 164 valence electrons. The van der Waals surface area contributed by atoms with Gasteiger partial charge >= 0.3 is 6.03 Å². The van der Waals surface area contributed by atoms with Gasteiger partial charge in [-0.25, -0.2) is 17.9 Å². The van der Waals surface area contributed by atoms with Gasteiger partial charge in [-0.3, -0.25) is 0 Å². The number of piperidine rings is 1. The van der Waals surface area contributed by atoms with Crippen molar-refractivity contribution in [2.24, 2.45) is 0 Å². The summed E-state index contributed by atoms with van der Waals surface area (Å²) in [7, 11) is -1.88. The van der Waals surface area contributed by atoms with Crippen LogP contribution in [0.1, 0.15) is 35.6 Å². The molecule has 2 amide bonds. The molecule has 0 spiro atoms. The topological polar surface area (TPSA) is 94.3 Å². The Bertz CT molecular complexity index is 1110. The molecule has 0 bridgehead atoms. The Labute approximate surface area is 182 Å². The fourth-order valence-electron chi connectivity index (χ4n) is 4.04. The summed E-state index contributed by atoms with van der Waals surface area (Å²) in [6.45, 7) is 1.87. The number of carbonyl (C=O) groups excluding carboxylic acids is 1. The summed E-state index contributed by atoms with van der Waals surface area (Å²) < 4.78 is 25.6. The van der Waals surface area contributed by atoms with E-state index in [1.807, 2.05) is 29.2 Å². The predicted molar refractivity (Wildman–Crippen MR) is 122 cm³/mol. The molecule has 1 aliphatic rings. The third kappa shape index (κ3) is 5.26. The summed E-state index contributed by atoms with van der Waals surface area (Å²) in [5, 5.41) is 4.20. The lowest BCUT2D eigenvalue weighted by molar-refractivity contribution is 0.180. The second kappa shape index (κ2) is 9.11. The Morgan fingerprint density at radius 3 is 2.42 bits per heavy atom. The summed E-state index contributed by atoms with van der Waals surface area (Å²) in [5.41, 5.74) is 4.06. The molecule has 3 aromatic rings. The van der Waals surface area contributed by atoms with Crippen molar-refractivity contribution >= 4 is 27.0 Å². The number of H-pyrrole nitrogens is 1. The molecule has 1 aliphatic heterocycles. The molecule has 1 saturated heterocycles. The number of benzene rings is 2. The van der Waals surface area contributed by atoms with Crippen LogP contribution in [0.5, 0.6) is 0 Å². The van der Waals surface area contributed by atoms with Crippen molar-refractivity contribution < 1.29 is 13.2 Å². The highest BCUT2D eigenvalue weighted by Gasteiger charge is 2.24. The van der Waals surface area contributed by atoms with Crippen molar-refractivity contribution in [3.05, 3.63) is 71.4 Å². The second-order valence-corrected chi connectivity index (χ2v) is 9.94. The van der Waals surface area contributed by atoms with Crippen molar-refractivity contribution in [1.82, 2.24) is 19.9 Å². The van der Waals surface area contributed by atoms with Crippen molar-refractivity contribution in [2.75, 3.05) is 20.1 Å². The highest BCUT2D eigenvalue weighted by molar-refractivity contribution is 7.88. The van der Waals surface area contributed by atoms with E-state index in [1.165, 1.54) is 18.1 Å². The number of aromatic nitrogens is 1. The summed E-state index contributed by atoms with van der Waals surface area (Å²) in [5.74, 6) is 0.388. The SMILES string of the molecule is CNS(=O)(=O)Cc1ccc(CNC(=O)N2CCC(c3cc4ccccc4[nH]3)CC2)cc1. The molecule has 31 heavy (non-hydrogen) atoms. The van der Waals surface area contributed by atoms with Crippen molar-refractivity contribution in [3.8, 4) is 0 Å². The lowest BCUT2D eigenvalue weighted by Crippen LogP contribution is -2.43. The van der Waals surface area contributed by atoms with E-state index in [4.69, 9.17) is 0 Å². The number of para-hydroxylation sites is 1. The van der Waals surface area contributed by atoms with E-state index in [2.05, 4.69) is 33.2 Å². The van der Waals surface area contributed by atoms with Crippen LogP contribution in [0.2, 0.25) is 0 Å². The number of sulfonamides is 1. The molecule has 0 saturated carbocycles. The summed E-state index contributed by atoms with van der Waals surface area (Å²) in [6.07, 6.45) is 1.88. The largest absolute Gasteiger partial charge is 0.358 e.